The van der Waals surface area contributed by atoms with E-state index in [0.29, 0.717) is 18.2 Å². The molecule has 0 aromatic carbocycles. The summed E-state index contributed by atoms with van der Waals surface area (Å²) in [5, 5.41) is 0. The van der Waals surface area contributed by atoms with Gasteiger partial charge in [-0.2, -0.15) is 0 Å². The third-order valence-electron chi connectivity index (χ3n) is 6.85. The number of nitrogens with zero attached hydrogens (tertiary/aromatic N) is 5. The van der Waals surface area contributed by atoms with Crippen molar-refractivity contribution in [3.8, 4) is 0 Å². The minimum Gasteiger partial charge on any atom is -0.333 e. The first-order chi connectivity index (χ1) is 15.1. The third-order valence-corrected chi connectivity index (χ3v) is 6.85. The lowest BCUT2D eigenvalue weighted by molar-refractivity contribution is 0.0583. The van der Waals surface area contributed by atoms with E-state index in [1.54, 1.807) is 12.4 Å². The van der Waals surface area contributed by atoms with Gasteiger partial charge in [-0.1, -0.05) is 6.07 Å². The minimum absolute atomic E-state index is 0.0262. The topological polar surface area (TPSA) is 52.6 Å². The number of carbonyl (C=O) groups excluding carboxylic acids is 1. The molecule has 166 valence electrons. The van der Waals surface area contributed by atoms with Crippen molar-refractivity contribution < 1.29 is 4.79 Å². The van der Waals surface area contributed by atoms with Crippen LogP contribution in [0.25, 0.3) is 0 Å². The molecule has 6 nitrogen and oxygen atoms in total. The Balaban J connectivity index is 1.39. The molecular formula is C25H35N5O. The van der Waals surface area contributed by atoms with Gasteiger partial charge in [0.05, 0.1) is 0 Å². The second-order valence-electron chi connectivity index (χ2n) is 9.22. The molecule has 0 saturated carbocycles. The first kappa shape index (κ1) is 21.9. The van der Waals surface area contributed by atoms with E-state index >= 15 is 0 Å². The van der Waals surface area contributed by atoms with Gasteiger partial charge in [-0.15, -0.1) is 0 Å². The molecule has 2 saturated heterocycles. The van der Waals surface area contributed by atoms with E-state index in [-0.39, 0.29) is 5.91 Å². The number of pyridine rings is 2. The number of likely N-dealkylation sites (tertiary alicyclic amines) is 2. The van der Waals surface area contributed by atoms with Gasteiger partial charge in [-0.3, -0.25) is 9.78 Å². The van der Waals surface area contributed by atoms with Crippen LogP contribution in [0, 0.1) is 12.8 Å². The van der Waals surface area contributed by atoms with Crippen molar-refractivity contribution in [2.45, 2.75) is 45.2 Å². The number of carbonyl (C=O) groups is 1. The van der Waals surface area contributed by atoms with Gasteiger partial charge in [0.25, 0.3) is 5.91 Å². The van der Waals surface area contributed by atoms with Crippen molar-refractivity contribution in [3.05, 3.63) is 59.7 Å². The largest absolute Gasteiger partial charge is 0.333 e. The standard InChI is InChI=1S/C25H35N5O/c1-20-4-3-5-24(27-20)25(31)30(18-21-6-12-26-13-7-21)19-22-8-16-29(17-9-22)23-10-14-28(2)15-11-23/h3-7,12-13,22-23H,8-11,14-19H2,1-2H3. The summed E-state index contributed by atoms with van der Waals surface area (Å²) in [4.78, 5) is 29.1. The van der Waals surface area contributed by atoms with E-state index in [1.165, 1.54) is 25.9 Å². The highest BCUT2D eigenvalue weighted by molar-refractivity contribution is 5.92. The highest BCUT2D eigenvalue weighted by atomic mass is 16.2. The second-order valence-corrected chi connectivity index (χ2v) is 9.22. The van der Waals surface area contributed by atoms with E-state index < -0.39 is 0 Å². The molecule has 6 heteroatoms. The molecule has 0 atom stereocenters. The van der Waals surface area contributed by atoms with E-state index in [1.807, 2.05) is 42.2 Å². The molecule has 4 heterocycles. The number of aryl methyl sites for hydroxylation is 1. The zero-order chi connectivity index (χ0) is 21.6. The van der Waals surface area contributed by atoms with E-state index in [2.05, 4.69) is 26.8 Å². The molecule has 2 aliphatic rings. The summed E-state index contributed by atoms with van der Waals surface area (Å²) in [5.41, 5.74) is 2.53. The van der Waals surface area contributed by atoms with Crippen LogP contribution in [0.5, 0.6) is 0 Å². The van der Waals surface area contributed by atoms with Crippen molar-refractivity contribution in [3.63, 3.8) is 0 Å². The molecule has 2 aromatic rings. The van der Waals surface area contributed by atoms with Gasteiger partial charge >= 0.3 is 0 Å². The van der Waals surface area contributed by atoms with Gasteiger partial charge < -0.3 is 14.7 Å². The Labute approximate surface area is 186 Å². The normalized spacial score (nSPS) is 19.4. The van der Waals surface area contributed by atoms with Crippen LogP contribution in [-0.2, 0) is 6.54 Å². The number of rotatable bonds is 6. The fourth-order valence-electron chi connectivity index (χ4n) is 4.92. The van der Waals surface area contributed by atoms with Crippen molar-refractivity contribution in [1.82, 2.24) is 24.7 Å². The Morgan fingerprint density at radius 1 is 1.03 bits per heavy atom. The number of amides is 1. The molecule has 0 bridgehead atoms. The van der Waals surface area contributed by atoms with Gasteiger partial charge in [-0.05, 0) is 102 Å². The SMILES string of the molecule is Cc1cccc(C(=O)N(Cc2ccncc2)CC2CCN(C3CCN(C)CC3)CC2)n1. The van der Waals surface area contributed by atoms with Gasteiger partial charge in [0, 0.05) is 37.2 Å². The fourth-order valence-corrected chi connectivity index (χ4v) is 4.92. The summed E-state index contributed by atoms with van der Waals surface area (Å²) in [6.45, 7) is 8.05. The average Bonchev–Trinajstić information content (AvgIpc) is 2.80. The van der Waals surface area contributed by atoms with Crippen molar-refractivity contribution in [2.75, 3.05) is 39.8 Å². The summed E-state index contributed by atoms with van der Waals surface area (Å²) in [6, 6.07) is 10.4. The lowest BCUT2D eigenvalue weighted by Gasteiger charge is -2.41. The predicted molar refractivity (Wildman–Crippen MR) is 123 cm³/mol. The minimum atomic E-state index is 0.0262. The lowest BCUT2D eigenvalue weighted by atomic mass is 9.93. The molecule has 0 unspecified atom stereocenters. The smallest absolute Gasteiger partial charge is 0.272 e. The zero-order valence-corrected chi connectivity index (χ0v) is 18.9. The van der Waals surface area contributed by atoms with Crippen molar-refractivity contribution >= 4 is 5.91 Å². The van der Waals surface area contributed by atoms with E-state index in [9.17, 15) is 4.79 Å². The molecule has 0 N–H and O–H groups in total. The zero-order valence-electron chi connectivity index (χ0n) is 18.9. The Morgan fingerprint density at radius 2 is 1.74 bits per heavy atom. The molecule has 0 radical (unpaired) electrons. The van der Waals surface area contributed by atoms with Gasteiger partial charge in [0.1, 0.15) is 5.69 Å². The van der Waals surface area contributed by atoms with Crippen LogP contribution in [0.4, 0.5) is 0 Å². The highest BCUT2D eigenvalue weighted by Crippen LogP contribution is 2.25. The summed E-state index contributed by atoms with van der Waals surface area (Å²) in [6.07, 6.45) is 8.48. The molecule has 4 rings (SSSR count). The number of piperidine rings is 2. The fraction of sp³-hybridized carbons (Fsp3) is 0.560. The number of aromatic nitrogens is 2. The maximum atomic E-state index is 13.4. The average molecular weight is 422 g/mol. The second kappa shape index (κ2) is 10.3. The number of hydrogen-bond acceptors (Lipinski definition) is 5. The first-order valence-corrected chi connectivity index (χ1v) is 11.6. The number of hydrogen-bond donors (Lipinski definition) is 0. The molecule has 31 heavy (non-hydrogen) atoms. The van der Waals surface area contributed by atoms with Crippen LogP contribution in [0.15, 0.2) is 42.7 Å². The molecule has 0 spiro atoms. The maximum Gasteiger partial charge on any atom is 0.272 e. The summed E-state index contributed by atoms with van der Waals surface area (Å²) >= 11 is 0. The maximum absolute atomic E-state index is 13.4. The lowest BCUT2D eigenvalue weighted by Crippen LogP contribution is -2.48. The highest BCUT2D eigenvalue weighted by Gasteiger charge is 2.29. The molecule has 2 aliphatic heterocycles. The Bertz CT molecular complexity index is 842. The van der Waals surface area contributed by atoms with Crippen molar-refractivity contribution in [2.24, 2.45) is 5.92 Å². The van der Waals surface area contributed by atoms with E-state index in [4.69, 9.17) is 0 Å². The molecule has 0 aliphatic carbocycles. The van der Waals surface area contributed by atoms with Gasteiger partial charge in [0.2, 0.25) is 0 Å². The van der Waals surface area contributed by atoms with Crippen molar-refractivity contribution in [1.29, 1.82) is 0 Å². The third kappa shape index (κ3) is 5.89. The first-order valence-electron chi connectivity index (χ1n) is 11.6. The van der Waals surface area contributed by atoms with Crippen LogP contribution in [0.3, 0.4) is 0 Å². The monoisotopic (exact) mass is 421 g/mol. The van der Waals surface area contributed by atoms with Crippen LogP contribution < -0.4 is 0 Å². The van der Waals surface area contributed by atoms with E-state index in [0.717, 1.165) is 49.8 Å². The predicted octanol–water partition coefficient (Wildman–Crippen LogP) is 3.23. The molecular weight excluding hydrogens is 386 g/mol. The summed E-state index contributed by atoms with van der Waals surface area (Å²) in [5.74, 6) is 0.566. The van der Waals surface area contributed by atoms with Crippen LogP contribution in [0.1, 0.15) is 47.4 Å². The Kier molecular flexibility index (Phi) is 7.30. The van der Waals surface area contributed by atoms with Crippen LogP contribution in [-0.4, -0.2) is 76.4 Å². The molecule has 1 amide bonds. The van der Waals surface area contributed by atoms with Gasteiger partial charge in [0.15, 0.2) is 0 Å². The quantitative estimate of drug-likeness (QED) is 0.717. The summed E-state index contributed by atoms with van der Waals surface area (Å²) in [7, 11) is 2.22. The Morgan fingerprint density at radius 3 is 2.42 bits per heavy atom. The molecule has 2 fully saturated rings. The summed E-state index contributed by atoms with van der Waals surface area (Å²) < 4.78 is 0. The molecule has 2 aromatic heterocycles. The Hall–Kier alpha value is -2.31. The van der Waals surface area contributed by atoms with Crippen LogP contribution in [0.2, 0.25) is 0 Å². The van der Waals surface area contributed by atoms with Gasteiger partial charge in [-0.25, -0.2) is 4.98 Å². The van der Waals surface area contributed by atoms with Crippen LogP contribution >= 0.6 is 0 Å².